The Hall–Kier alpha value is 0.566. The van der Waals surface area contributed by atoms with Crippen molar-refractivity contribution in [3.8, 4) is 0 Å². The number of rotatable bonds is 1. The standard InChI is InChI=1S/C6H7NO3S.K/c7-5-1-3-6(4-2-5)11(8,9)10;/h1-4H,7H2,(H,8,9,10);/q;+1. The second-order valence-corrected chi connectivity index (χ2v) is 3.47. The van der Waals surface area contributed by atoms with Gasteiger partial charge in [0.05, 0.1) is 4.90 Å². The van der Waals surface area contributed by atoms with Gasteiger partial charge in [0.2, 0.25) is 0 Å². The molecule has 1 aromatic carbocycles. The van der Waals surface area contributed by atoms with Crippen LogP contribution in [0.4, 0.5) is 5.69 Å². The van der Waals surface area contributed by atoms with Crippen molar-refractivity contribution in [2.75, 3.05) is 5.73 Å². The molecule has 1 aromatic rings. The monoisotopic (exact) mass is 212 g/mol. The van der Waals surface area contributed by atoms with E-state index in [4.69, 9.17) is 10.3 Å². The molecule has 12 heavy (non-hydrogen) atoms. The van der Waals surface area contributed by atoms with Crippen molar-refractivity contribution in [2.24, 2.45) is 0 Å². The van der Waals surface area contributed by atoms with Gasteiger partial charge < -0.3 is 5.73 Å². The van der Waals surface area contributed by atoms with Crippen LogP contribution in [0.3, 0.4) is 0 Å². The Bertz CT molecular complexity index is 346. The molecule has 0 aliphatic carbocycles. The maximum absolute atomic E-state index is 10.5. The van der Waals surface area contributed by atoms with Crippen LogP contribution in [0.5, 0.6) is 0 Å². The third-order valence-corrected chi connectivity index (χ3v) is 2.05. The minimum atomic E-state index is -4.08. The van der Waals surface area contributed by atoms with Crippen molar-refractivity contribution in [1.29, 1.82) is 0 Å². The summed E-state index contributed by atoms with van der Waals surface area (Å²) >= 11 is 0. The summed E-state index contributed by atoms with van der Waals surface area (Å²) in [5.41, 5.74) is 5.75. The van der Waals surface area contributed by atoms with Crippen molar-refractivity contribution in [1.82, 2.24) is 0 Å². The maximum Gasteiger partial charge on any atom is 1.00 e. The Kier molecular flexibility index (Phi) is 4.93. The van der Waals surface area contributed by atoms with Crippen LogP contribution < -0.4 is 57.1 Å². The van der Waals surface area contributed by atoms with Crippen LogP contribution in [-0.2, 0) is 10.1 Å². The average molecular weight is 212 g/mol. The van der Waals surface area contributed by atoms with E-state index in [0.717, 1.165) is 0 Å². The molecule has 0 aromatic heterocycles. The zero-order valence-corrected chi connectivity index (χ0v) is 10.5. The first-order valence-corrected chi connectivity index (χ1v) is 4.27. The molecule has 0 aliphatic heterocycles. The molecule has 0 bridgehead atoms. The van der Waals surface area contributed by atoms with E-state index in [2.05, 4.69) is 0 Å². The van der Waals surface area contributed by atoms with Gasteiger partial charge in [-0.3, -0.25) is 4.55 Å². The van der Waals surface area contributed by atoms with Gasteiger partial charge in [0.1, 0.15) is 0 Å². The maximum atomic E-state index is 10.5. The summed E-state index contributed by atoms with van der Waals surface area (Å²) in [4.78, 5) is -0.147. The van der Waals surface area contributed by atoms with E-state index in [9.17, 15) is 8.42 Å². The zero-order valence-electron chi connectivity index (χ0n) is 6.56. The molecule has 1 rings (SSSR count). The summed E-state index contributed by atoms with van der Waals surface area (Å²) in [6.45, 7) is 0. The second-order valence-electron chi connectivity index (χ2n) is 2.04. The van der Waals surface area contributed by atoms with Crippen molar-refractivity contribution in [2.45, 2.75) is 4.90 Å². The molecule has 0 atom stereocenters. The fourth-order valence-corrected chi connectivity index (χ4v) is 1.12. The molecular weight excluding hydrogens is 205 g/mol. The molecule has 0 saturated carbocycles. The van der Waals surface area contributed by atoms with Gasteiger partial charge in [0.25, 0.3) is 10.1 Å². The Morgan fingerprint density at radius 2 is 1.58 bits per heavy atom. The summed E-state index contributed by atoms with van der Waals surface area (Å²) in [6.07, 6.45) is 0. The number of anilines is 1. The van der Waals surface area contributed by atoms with E-state index in [1.807, 2.05) is 0 Å². The molecule has 0 unspecified atom stereocenters. The Morgan fingerprint density at radius 3 is 1.92 bits per heavy atom. The van der Waals surface area contributed by atoms with Crippen LogP contribution in [0.1, 0.15) is 0 Å². The van der Waals surface area contributed by atoms with E-state index >= 15 is 0 Å². The minimum absolute atomic E-state index is 0. The molecule has 6 heteroatoms. The molecule has 0 radical (unpaired) electrons. The molecule has 0 spiro atoms. The van der Waals surface area contributed by atoms with Gasteiger partial charge in [-0.2, -0.15) is 8.42 Å². The number of nitrogen functional groups attached to an aromatic ring is 1. The Labute approximate surface area is 113 Å². The molecule has 3 N–H and O–H groups in total. The number of benzene rings is 1. The second kappa shape index (κ2) is 4.71. The average Bonchev–Trinajstić information content (AvgIpc) is 1.86. The quantitative estimate of drug-likeness (QED) is 0.307. The van der Waals surface area contributed by atoms with E-state index < -0.39 is 10.1 Å². The number of hydrogen-bond acceptors (Lipinski definition) is 3. The predicted octanol–water partition coefficient (Wildman–Crippen LogP) is -2.48. The van der Waals surface area contributed by atoms with Crippen molar-refractivity contribution in [3.63, 3.8) is 0 Å². The fourth-order valence-electron chi connectivity index (χ4n) is 0.640. The smallest absolute Gasteiger partial charge is 0.399 e. The normalized spacial score (nSPS) is 10.4. The van der Waals surface area contributed by atoms with Gasteiger partial charge in [-0.05, 0) is 24.3 Å². The van der Waals surface area contributed by atoms with E-state index in [0.29, 0.717) is 5.69 Å². The van der Waals surface area contributed by atoms with Crippen LogP contribution in [0.15, 0.2) is 29.2 Å². The topological polar surface area (TPSA) is 80.4 Å². The van der Waals surface area contributed by atoms with E-state index in [1.165, 1.54) is 24.3 Å². The SMILES string of the molecule is Nc1ccc(S(=O)(=O)O)cc1.[K+]. The Balaban J connectivity index is 0.00000121. The van der Waals surface area contributed by atoms with Gasteiger partial charge in [-0.15, -0.1) is 0 Å². The van der Waals surface area contributed by atoms with Gasteiger partial charge in [0, 0.05) is 5.69 Å². The van der Waals surface area contributed by atoms with E-state index in [-0.39, 0.29) is 56.3 Å². The van der Waals surface area contributed by atoms with Gasteiger partial charge in [-0.1, -0.05) is 0 Å². The van der Waals surface area contributed by atoms with Gasteiger partial charge in [-0.25, -0.2) is 0 Å². The van der Waals surface area contributed by atoms with Crippen LogP contribution in [0.25, 0.3) is 0 Å². The minimum Gasteiger partial charge on any atom is -0.399 e. The third kappa shape index (κ3) is 3.52. The molecule has 60 valence electrons. The molecule has 4 nitrogen and oxygen atoms in total. The van der Waals surface area contributed by atoms with Crippen LogP contribution in [-0.4, -0.2) is 13.0 Å². The zero-order chi connectivity index (χ0) is 8.48. The van der Waals surface area contributed by atoms with Crippen molar-refractivity contribution >= 4 is 15.8 Å². The van der Waals surface area contributed by atoms with Crippen LogP contribution in [0.2, 0.25) is 0 Å². The number of nitrogens with two attached hydrogens (primary N) is 1. The first kappa shape index (κ1) is 12.6. The molecular formula is C6H7KNO3S+. The molecule has 0 heterocycles. The first-order chi connectivity index (χ1) is 5.00. The van der Waals surface area contributed by atoms with Crippen molar-refractivity contribution < 1.29 is 64.4 Å². The summed E-state index contributed by atoms with van der Waals surface area (Å²) in [5, 5.41) is 0. The predicted molar refractivity (Wildman–Crippen MR) is 40.7 cm³/mol. The summed E-state index contributed by atoms with van der Waals surface area (Å²) in [6, 6.07) is 5.29. The van der Waals surface area contributed by atoms with Crippen molar-refractivity contribution in [3.05, 3.63) is 24.3 Å². The summed E-state index contributed by atoms with van der Waals surface area (Å²) in [7, 11) is -4.08. The largest absolute Gasteiger partial charge is 1.00 e. The van der Waals surface area contributed by atoms with Gasteiger partial charge >= 0.3 is 51.4 Å². The summed E-state index contributed by atoms with van der Waals surface area (Å²) < 4.78 is 29.4. The first-order valence-electron chi connectivity index (χ1n) is 2.83. The molecule has 0 aliphatic rings. The molecule has 0 saturated heterocycles. The third-order valence-electron chi connectivity index (χ3n) is 1.18. The van der Waals surface area contributed by atoms with E-state index in [1.54, 1.807) is 0 Å². The van der Waals surface area contributed by atoms with Crippen LogP contribution in [0, 0.1) is 0 Å². The fraction of sp³-hybridized carbons (Fsp3) is 0. The van der Waals surface area contributed by atoms with Crippen LogP contribution >= 0.6 is 0 Å². The van der Waals surface area contributed by atoms with Gasteiger partial charge in [0.15, 0.2) is 0 Å². The molecule has 0 amide bonds. The molecule has 0 fully saturated rings. The Morgan fingerprint density at radius 1 is 1.17 bits per heavy atom. The number of hydrogen-bond donors (Lipinski definition) is 2. The summed E-state index contributed by atoms with van der Waals surface area (Å²) in [5.74, 6) is 0.